The molecule has 0 spiro atoms. The maximum atomic E-state index is 9.08. The van der Waals surface area contributed by atoms with Gasteiger partial charge in [0.05, 0.1) is 18.9 Å². The number of rotatable bonds is 10. The van der Waals surface area contributed by atoms with Crippen molar-refractivity contribution < 1.29 is 9.94 Å². The lowest BCUT2D eigenvalue weighted by Crippen LogP contribution is -2.10. The summed E-state index contributed by atoms with van der Waals surface area (Å²) >= 11 is 6.23. The Morgan fingerprint density at radius 3 is 2.81 bits per heavy atom. The fourth-order valence-corrected chi connectivity index (χ4v) is 2.56. The van der Waals surface area contributed by atoms with Gasteiger partial charge in [-0.2, -0.15) is 0 Å². The van der Waals surface area contributed by atoms with Crippen LogP contribution in [0.1, 0.15) is 24.6 Å². The molecule has 0 saturated carbocycles. The largest absolute Gasteiger partial charge is 0.411 e. The predicted molar refractivity (Wildman–Crippen MR) is 104 cm³/mol. The molecule has 0 amide bonds. The van der Waals surface area contributed by atoms with Crippen molar-refractivity contribution in [2.24, 2.45) is 5.16 Å². The van der Waals surface area contributed by atoms with Crippen LogP contribution in [-0.4, -0.2) is 40.6 Å². The molecule has 26 heavy (non-hydrogen) atoms. The monoisotopic (exact) mass is 374 g/mol. The average Bonchev–Trinajstić information content (AvgIpc) is 2.68. The Hall–Kier alpha value is -2.44. The first-order valence-corrected chi connectivity index (χ1v) is 8.86. The molecular formula is C19H23ClN4O2. The lowest BCUT2D eigenvalue weighted by molar-refractivity contribution is 0.200. The van der Waals surface area contributed by atoms with E-state index in [1.165, 1.54) is 6.33 Å². The Bertz CT molecular complexity index is 736. The molecular weight excluding hydrogens is 352 g/mol. The Kier molecular flexibility index (Phi) is 8.59. The van der Waals surface area contributed by atoms with Crippen molar-refractivity contribution in [2.75, 3.05) is 25.1 Å². The molecule has 0 fully saturated rings. The van der Waals surface area contributed by atoms with Gasteiger partial charge in [0.25, 0.3) is 0 Å². The fraction of sp³-hybridized carbons (Fsp3) is 0.316. The SMILES string of the molecule is CCc1ncnc(NCC/C=C/COC/C(=N\O)c2ccccc2)c1Cl. The van der Waals surface area contributed by atoms with E-state index in [0.717, 1.165) is 24.1 Å². The average molecular weight is 375 g/mol. The van der Waals surface area contributed by atoms with Crippen LogP contribution in [0.5, 0.6) is 0 Å². The van der Waals surface area contributed by atoms with Crippen LogP contribution in [0, 0.1) is 0 Å². The van der Waals surface area contributed by atoms with Crippen LogP contribution >= 0.6 is 11.6 Å². The molecule has 138 valence electrons. The van der Waals surface area contributed by atoms with Crippen molar-refractivity contribution in [3.8, 4) is 0 Å². The van der Waals surface area contributed by atoms with E-state index in [9.17, 15) is 0 Å². The number of hydrogen-bond donors (Lipinski definition) is 2. The number of ether oxygens (including phenoxy) is 1. The van der Waals surface area contributed by atoms with Crippen LogP contribution in [0.25, 0.3) is 0 Å². The lowest BCUT2D eigenvalue weighted by Gasteiger charge is -2.07. The Labute approximate surface area is 158 Å². The van der Waals surface area contributed by atoms with Crippen LogP contribution in [-0.2, 0) is 11.2 Å². The standard InChI is InChI=1S/C19H23ClN4O2/c1-2-16-18(20)19(23-14-22-16)21-11-7-4-8-12-26-13-17(24-25)15-9-5-3-6-10-15/h3-6,8-10,14,25H,2,7,11-13H2,1H3,(H,21,22,23)/b8-4+,24-17+. The molecule has 0 saturated heterocycles. The van der Waals surface area contributed by atoms with Gasteiger partial charge in [0.2, 0.25) is 0 Å². The van der Waals surface area contributed by atoms with Crippen molar-refractivity contribution in [1.82, 2.24) is 9.97 Å². The summed E-state index contributed by atoms with van der Waals surface area (Å²) in [5, 5.41) is 16.2. The lowest BCUT2D eigenvalue weighted by atomic mass is 10.1. The summed E-state index contributed by atoms with van der Waals surface area (Å²) in [5.41, 5.74) is 2.19. The third-order valence-electron chi connectivity index (χ3n) is 3.65. The second-order valence-corrected chi connectivity index (χ2v) is 5.83. The van der Waals surface area contributed by atoms with Crippen LogP contribution in [0.15, 0.2) is 54.0 Å². The van der Waals surface area contributed by atoms with Crippen molar-refractivity contribution >= 4 is 23.1 Å². The maximum Gasteiger partial charge on any atom is 0.148 e. The summed E-state index contributed by atoms with van der Waals surface area (Å²) < 4.78 is 5.52. The number of nitrogens with one attached hydrogen (secondary N) is 1. The summed E-state index contributed by atoms with van der Waals surface area (Å²) in [6.45, 7) is 3.41. The highest BCUT2D eigenvalue weighted by molar-refractivity contribution is 6.33. The predicted octanol–water partition coefficient (Wildman–Crippen LogP) is 3.95. The van der Waals surface area contributed by atoms with Crippen LogP contribution in [0.3, 0.4) is 0 Å². The third kappa shape index (κ3) is 6.13. The van der Waals surface area contributed by atoms with Gasteiger partial charge in [-0.05, 0) is 12.8 Å². The molecule has 0 unspecified atom stereocenters. The number of oxime groups is 1. The molecule has 0 aliphatic carbocycles. The summed E-state index contributed by atoms with van der Waals surface area (Å²) in [6, 6.07) is 9.44. The van der Waals surface area contributed by atoms with Gasteiger partial charge in [-0.25, -0.2) is 9.97 Å². The topological polar surface area (TPSA) is 79.6 Å². The van der Waals surface area contributed by atoms with E-state index in [1.54, 1.807) is 0 Å². The highest BCUT2D eigenvalue weighted by atomic mass is 35.5. The van der Waals surface area contributed by atoms with E-state index in [1.807, 2.05) is 49.4 Å². The molecule has 0 bridgehead atoms. The first kappa shape index (κ1) is 19.9. The molecule has 2 aromatic rings. The van der Waals surface area contributed by atoms with E-state index < -0.39 is 0 Å². The second-order valence-electron chi connectivity index (χ2n) is 5.45. The minimum atomic E-state index is 0.249. The summed E-state index contributed by atoms with van der Waals surface area (Å²) in [5.74, 6) is 0.662. The minimum Gasteiger partial charge on any atom is -0.411 e. The number of anilines is 1. The zero-order chi connectivity index (χ0) is 18.6. The number of hydrogen-bond acceptors (Lipinski definition) is 6. The fourth-order valence-electron chi connectivity index (χ4n) is 2.26. The van der Waals surface area contributed by atoms with Gasteiger partial charge in [0, 0.05) is 12.1 Å². The van der Waals surface area contributed by atoms with Crippen LogP contribution < -0.4 is 5.32 Å². The summed E-state index contributed by atoms with van der Waals surface area (Å²) in [4.78, 5) is 8.29. The maximum absolute atomic E-state index is 9.08. The Balaban J connectivity index is 1.66. The molecule has 6 nitrogen and oxygen atoms in total. The van der Waals surface area contributed by atoms with E-state index in [4.69, 9.17) is 21.5 Å². The highest BCUT2D eigenvalue weighted by Crippen LogP contribution is 2.21. The number of aromatic nitrogens is 2. The first-order chi connectivity index (χ1) is 12.8. The quantitative estimate of drug-likeness (QED) is 0.216. The smallest absolute Gasteiger partial charge is 0.148 e. The summed E-state index contributed by atoms with van der Waals surface area (Å²) in [7, 11) is 0. The molecule has 7 heteroatoms. The van der Waals surface area contributed by atoms with E-state index in [0.29, 0.717) is 29.7 Å². The Morgan fingerprint density at radius 2 is 2.08 bits per heavy atom. The first-order valence-electron chi connectivity index (χ1n) is 8.48. The van der Waals surface area contributed by atoms with Gasteiger partial charge >= 0.3 is 0 Å². The van der Waals surface area contributed by atoms with E-state index in [-0.39, 0.29) is 6.61 Å². The van der Waals surface area contributed by atoms with Crippen molar-refractivity contribution in [1.29, 1.82) is 0 Å². The van der Waals surface area contributed by atoms with Gasteiger partial charge < -0.3 is 15.3 Å². The van der Waals surface area contributed by atoms with E-state index >= 15 is 0 Å². The van der Waals surface area contributed by atoms with Crippen molar-refractivity contribution in [3.63, 3.8) is 0 Å². The zero-order valence-electron chi connectivity index (χ0n) is 14.7. The zero-order valence-corrected chi connectivity index (χ0v) is 15.5. The molecule has 0 aliphatic rings. The highest BCUT2D eigenvalue weighted by Gasteiger charge is 2.06. The van der Waals surface area contributed by atoms with Crippen LogP contribution in [0.4, 0.5) is 5.82 Å². The molecule has 0 atom stereocenters. The number of nitrogens with zero attached hydrogens (tertiary/aromatic N) is 3. The van der Waals surface area contributed by atoms with Gasteiger partial charge in [-0.15, -0.1) is 0 Å². The number of benzene rings is 1. The molecule has 0 radical (unpaired) electrons. The minimum absolute atomic E-state index is 0.249. The van der Waals surface area contributed by atoms with Gasteiger partial charge in [0.15, 0.2) is 0 Å². The molecule has 2 N–H and O–H groups in total. The van der Waals surface area contributed by atoms with Crippen LogP contribution in [0.2, 0.25) is 5.02 Å². The Morgan fingerprint density at radius 1 is 1.27 bits per heavy atom. The molecule has 1 heterocycles. The number of aryl methyl sites for hydroxylation is 1. The molecule has 1 aromatic carbocycles. The normalized spacial score (nSPS) is 11.8. The van der Waals surface area contributed by atoms with Crippen molar-refractivity contribution in [2.45, 2.75) is 19.8 Å². The van der Waals surface area contributed by atoms with E-state index in [2.05, 4.69) is 20.4 Å². The third-order valence-corrected chi connectivity index (χ3v) is 4.04. The van der Waals surface area contributed by atoms with Gasteiger partial charge in [-0.3, -0.25) is 0 Å². The van der Waals surface area contributed by atoms with Gasteiger partial charge in [-0.1, -0.05) is 66.2 Å². The second kappa shape index (κ2) is 11.2. The molecule has 0 aliphatic heterocycles. The van der Waals surface area contributed by atoms with Gasteiger partial charge in [0.1, 0.15) is 22.9 Å². The molecule has 1 aromatic heterocycles. The molecule has 2 rings (SSSR count). The summed E-state index contributed by atoms with van der Waals surface area (Å²) in [6.07, 6.45) is 7.05. The van der Waals surface area contributed by atoms with Crippen molar-refractivity contribution in [3.05, 3.63) is 65.1 Å². The number of halogens is 1.